The van der Waals surface area contributed by atoms with Gasteiger partial charge < -0.3 is 10.6 Å². The fraction of sp³-hybridized carbons (Fsp3) is 0.435. The zero-order chi connectivity index (χ0) is 21.3. The van der Waals surface area contributed by atoms with E-state index >= 15 is 0 Å². The van der Waals surface area contributed by atoms with E-state index in [1.807, 2.05) is 13.0 Å². The molecule has 1 aliphatic rings. The van der Waals surface area contributed by atoms with Crippen LogP contribution in [0.4, 0.5) is 5.69 Å². The average Bonchev–Trinajstić information content (AvgIpc) is 2.75. The first-order chi connectivity index (χ1) is 14.5. The van der Waals surface area contributed by atoms with Crippen molar-refractivity contribution < 1.29 is 4.92 Å². The molecule has 3 rings (SSSR count). The number of piperidine rings is 1. The molecule has 7 nitrogen and oxygen atoms in total. The summed E-state index contributed by atoms with van der Waals surface area (Å²) in [5.41, 5.74) is 2.27. The summed E-state index contributed by atoms with van der Waals surface area (Å²) in [4.78, 5) is 17.8. The van der Waals surface area contributed by atoms with Crippen molar-refractivity contribution in [2.45, 2.75) is 51.9 Å². The number of nitrogens with zero attached hydrogens (tertiary/aromatic N) is 3. The smallest absolute Gasteiger partial charge is 0.269 e. The van der Waals surface area contributed by atoms with Crippen LogP contribution in [-0.2, 0) is 13.1 Å². The molecule has 1 aliphatic heterocycles. The van der Waals surface area contributed by atoms with Gasteiger partial charge in [0.25, 0.3) is 5.69 Å². The van der Waals surface area contributed by atoms with Crippen molar-refractivity contribution >= 4 is 35.6 Å². The third-order valence-electron chi connectivity index (χ3n) is 5.47. The van der Waals surface area contributed by atoms with Crippen molar-refractivity contribution in [1.29, 1.82) is 0 Å². The van der Waals surface area contributed by atoms with E-state index in [4.69, 9.17) is 0 Å². The Labute approximate surface area is 201 Å². The molecule has 0 radical (unpaired) electrons. The molecule has 0 spiro atoms. The number of guanidine groups is 1. The lowest BCUT2D eigenvalue weighted by Crippen LogP contribution is -2.51. The normalized spacial score (nSPS) is 19.4. The van der Waals surface area contributed by atoms with E-state index in [2.05, 4.69) is 57.8 Å². The van der Waals surface area contributed by atoms with Crippen LogP contribution in [-0.4, -0.2) is 41.0 Å². The molecule has 31 heavy (non-hydrogen) atoms. The Hall–Kier alpha value is -2.20. The summed E-state index contributed by atoms with van der Waals surface area (Å²) in [7, 11) is 0. The van der Waals surface area contributed by atoms with Gasteiger partial charge in [-0.1, -0.05) is 42.5 Å². The van der Waals surface area contributed by atoms with E-state index < -0.39 is 0 Å². The fourth-order valence-electron chi connectivity index (χ4n) is 3.86. The number of hydrogen-bond donors (Lipinski definition) is 2. The highest BCUT2D eigenvalue weighted by Crippen LogP contribution is 2.20. The highest BCUT2D eigenvalue weighted by atomic mass is 127. The van der Waals surface area contributed by atoms with Crippen molar-refractivity contribution in [3.05, 3.63) is 75.8 Å². The van der Waals surface area contributed by atoms with Crippen molar-refractivity contribution in [3.63, 3.8) is 0 Å². The zero-order valence-electron chi connectivity index (χ0n) is 18.2. The van der Waals surface area contributed by atoms with E-state index in [9.17, 15) is 10.1 Å². The minimum atomic E-state index is -0.374. The lowest BCUT2D eigenvalue weighted by atomic mass is 9.97. The van der Waals surface area contributed by atoms with Gasteiger partial charge in [-0.25, -0.2) is 4.99 Å². The van der Waals surface area contributed by atoms with E-state index in [1.54, 1.807) is 12.1 Å². The lowest BCUT2D eigenvalue weighted by molar-refractivity contribution is -0.384. The van der Waals surface area contributed by atoms with Gasteiger partial charge in [-0.05, 0) is 37.8 Å². The van der Waals surface area contributed by atoms with Gasteiger partial charge in [0, 0.05) is 43.9 Å². The predicted octanol–water partition coefficient (Wildman–Crippen LogP) is 4.32. The Balaban J connectivity index is 0.00000341. The molecule has 2 aromatic carbocycles. The maximum atomic E-state index is 11.0. The van der Waals surface area contributed by atoms with E-state index in [-0.39, 0.29) is 34.6 Å². The number of benzene rings is 2. The van der Waals surface area contributed by atoms with Gasteiger partial charge in [0.1, 0.15) is 0 Å². The molecule has 2 atom stereocenters. The second kappa shape index (κ2) is 12.6. The number of nitro benzene ring substituents is 1. The van der Waals surface area contributed by atoms with Crippen LogP contribution >= 0.6 is 24.0 Å². The maximum absolute atomic E-state index is 11.0. The number of nitrogens with one attached hydrogen (secondary N) is 2. The Morgan fingerprint density at radius 1 is 1.19 bits per heavy atom. The first-order valence-corrected chi connectivity index (χ1v) is 10.6. The van der Waals surface area contributed by atoms with Crippen molar-refractivity contribution in [3.8, 4) is 0 Å². The summed E-state index contributed by atoms with van der Waals surface area (Å²) in [5.74, 6) is 0.762. The van der Waals surface area contributed by atoms with Crippen LogP contribution in [0.3, 0.4) is 0 Å². The number of nitro groups is 1. The molecule has 8 heteroatoms. The third kappa shape index (κ3) is 7.77. The number of hydrogen-bond acceptors (Lipinski definition) is 4. The maximum Gasteiger partial charge on any atom is 0.269 e. The van der Waals surface area contributed by atoms with Gasteiger partial charge in [0.15, 0.2) is 5.96 Å². The monoisotopic (exact) mass is 537 g/mol. The SMILES string of the molecule is CCNC(=NCc1cccc([N+](=O)[O-])c1)NC1CCN(Cc2ccccc2)C(C)C1.I. The molecule has 1 fully saturated rings. The lowest BCUT2D eigenvalue weighted by Gasteiger charge is -2.38. The van der Waals surface area contributed by atoms with Gasteiger partial charge in [0.05, 0.1) is 11.5 Å². The van der Waals surface area contributed by atoms with Crippen LogP contribution in [0.2, 0.25) is 0 Å². The van der Waals surface area contributed by atoms with Crippen LogP contribution in [0.15, 0.2) is 59.6 Å². The van der Waals surface area contributed by atoms with Gasteiger partial charge in [-0.3, -0.25) is 15.0 Å². The van der Waals surface area contributed by atoms with Crippen LogP contribution in [0.5, 0.6) is 0 Å². The summed E-state index contributed by atoms with van der Waals surface area (Å²) in [6.45, 7) is 7.51. The summed E-state index contributed by atoms with van der Waals surface area (Å²) in [6, 6.07) is 18.1. The Kier molecular flexibility index (Phi) is 10.2. The van der Waals surface area contributed by atoms with Gasteiger partial charge in [-0.2, -0.15) is 0 Å². The fourth-order valence-corrected chi connectivity index (χ4v) is 3.86. The highest BCUT2D eigenvalue weighted by Gasteiger charge is 2.26. The average molecular weight is 537 g/mol. The number of rotatable bonds is 7. The van der Waals surface area contributed by atoms with E-state index in [0.29, 0.717) is 18.6 Å². The van der Waals surface area contributed by atoms with E-state index in [0.717, 1.165) is 44.0 Å². The third-order valence-corrected chi connectivity index (χ3v) is 5.47. The summed E-state index contributed by atoms with van der Waals surface area (Å²) in [5, 5.41) is 17.8. The molecule has 2 aromatic rings. The zero-order valence-corrected chi connectivity index (χ0v) is 20.5. The Morgan fingerprint density at radius 2 is 1.94 bits per heavy atom. The standard InChI is InChI=1S/C23H31N5O2.HI/c1-3-24-23(25-16-20-10-7-11-22(15-20)28(29)30)26-21-12-13-27(18(2)14-21)17-19-8-5-4-6-9-19;/h4-11,15,18,21H,3,12-14,16-17H2,1-2H3,(H2,24,25,26);1H. The molecule has 0 aliphatic carbocycles. The minimum Gasteiger partial charge on any atom is -0.357 e. The summed E-state index contributed by atoms with van der Waals surface area (Å²) < 4.78 is 0. The molecule has 2 N–H and O–H groups in total. The van der Waals surface area contributed by atoms with Crippen LogP contribution < -0.4 is 10.6 Å². The van der Waals surface area contributed by atoms with Crippen LogP contribution in [0, 0.1) is 10.1 Å². The summed E-state index contributed by atoms with van der Waals surface area (Å²) in [6.07, 6.45) is 2.10. The molecular formula is C23H32IN5O2. The van der Waals surface area contributed by atoms with Crippen LogP contribution in [0.25, 0.3) is 0 Å². The first-order valence-electron chi connectivity index (χ1n) is 10.6. The quantitative estimate of drug-likeness (QED) is 0.181. The topological polar surface area (TPSA) is 82.8 Å². The van der Waals surface area contributed by atoms with E-state index in [1.165, 1.54) is 11.6 Å². The Bertz CT molecular complexity index is 862. The second-order valence-electron chi connectivity index (χ2n) is 7.79. The number of likely N-dealkylation sites (tertiary alicyclic amines) is 1. The molecule has 1 heterocycles. The van der Waals surface area contributed by atoms with Crippen molar-refractivity contribution in [2.24, 2.45) is 4.99 Å². The Morgan fingerprint density at radius 3 is 2.61 bits per heavy atom. The number of halogens is 1. The predicted molar refractivity (Wildman–Crippen MR) is 136 cm³/mol. The second-order valence-corrected chi connectivity index (χ2v) is 7.79. The molecule has 0 bridgehead atoms. The minimum absolute atomic E-state index is 0. The number of non-ortho nitro benzene ring substituents is 1. The molecule has 0 saturated carbocycles. The van der Waals surface area contributed by atoms with Gasteiger partial charge >= 0.3 is 0 Å². The first kappa shape index (κ1) is 25.1. The molecule has 0 aromatic heterocycles. The van der Waals surface area contributed by atoms with Gasteiger partial charge in [0.2, 0.25) is 0 Å². The van der Waals surface area contributed by atoms with Crippen molar-refractivity contribution in [2.75, 3.05) is 13.1 Å². The summed E-state index contributed by atoms with van der Waals surface area (Å²) >= 11 is 0. The molecule has 0 amide bonds. The largest absolute Gasteiger partial charge is 0.357 e. The molecule has 2 unspecified atom stereocenters. The highest BCUT2D eigenvalue weighted by molar-refractivity contribution is 14.0. The number of aliphatic imine (C=N–C) groups is 1. The molecular weight excluding hydrogens is 505 g/mol. The molecule has 1 saturated heterocycles. The van der Waals surface area contributed by atoms with Crippen molar-refractivity contribution in [1.82, 2.24) is 15.5 Å². The van der Waals surface area contributed by atoms with Gasteiger partial charge in [-0.15, -0.1) is 24.0 Å². The molecule has 168 valence electrons. The van der Waals surface area contributed by atoms with Crippen LogP contribution in [0.1, 0.15) is 37.8 Å².